The molecule has 0 saturated heterocycles. The number of rotatable bonds is 10. The summed E-state index contributed by atoms with van der Waals surface area (Å²) in [5, 5.41) is 5.66. The molecular formula is C24H30F2N2O4. The summed E-state index contributed by atoms with van der Waals surface area (Å²) in [6, 6.07) is 7.56. The van der Waals surface area contributed by atoms with Gasteiger partial charge in [0.25, 0.3) is 5.91 Å². The predicted octanol–water partition coefficient (Wildman–Crippen LogP) is 3.87. The molecule has 0 heterocycles. The summed E-state index contributed by atoms with van der Waals surface area (Å²) >= 11 is 0. The maximum Gasteiger partial charge on any atom is 0.252 e. The smallest absolute Gasteiger partial charge is 0.252 e. The fourth-order valence-electron chi connectivity index (χ4n) is 3.18. The summed E-state index contributed by atoms with van der Waals surface area (Å²) in [5.74, 6) is -1.76. The van der Waals surface area contributed by atoms with Crippen LogP contribution in [0.25, 0.3) is 0 Å². The minimum absolute atomic E-state index is 0.162. The molecule has 2 unspecified atom stereocenters. The molecule has 0 aliphatic rings. The van der Waals surface area contributed by atoms with Crippen molar-refractivity contribution in [1.82, 2.24) is 10.6 Å². The van der Waals surface area contributed by atoms with Gasteiger partial charge in [0, 0.05) is 17.7 Å². The van der Waals surface area contributed by atoms with E-state index in [1.165, 1.54) is 20.3 Å². The van der Waals surface area contributed by atoms with Crippen molar-refractivity contribution in [1.29, 1.82) is 0 Å². The van der Waals surface area contributed by atoms with Crippen LogP contribution in [0.2, 0.25) is 0 Å². The van der Waals surface area contributed by atoms with Gasteiger partial charge in [0.15, 0.2) is 11.6 Å². The first kappa shape index (κ1) is 25.1. The van der Waals surface area contributed by atoms with Crippen molar-refractivity contribution < 1.29 is 27.8 Å². The summed E-state index contributed by atoms with van der Waals surface area (Å²) in [6.07, 6.45) is 1.00. The first-order valence-corrected chi connectivity index (χ1v) is 10.4. The van der Waals surface area contributed by atoms with Crippen LogP contribution in [0.3, 0.4) is 0 Å². The first-order valence-electron chi connectivity index (χ1n) is 10.4. The van der Waals surface area contributed by atoms with E-state index < -0.39 is 23.6 Å². The minimum atomic E-state index is -0.893. The largest absolute Gasteiger partial charge is 0.497 e. The topological polar surface area (TPSA) is 76.7 Å². The summed E-state index contributed by atoms with van der Waals surface area (Å²) < 4.78 is 36.8. The highest BCUT2D eigenvalue weighted by Gasteiger charge is 2.26. The SMILES string of the molecule is COc1cc(OC)cc(C(=O)NC(C(=O)NC(C)CCc2ccc(F)c(F)c2)C(C)C)c1. The molecule has 2 atom stereocenters. The van der Waals surface area contributed by atoms with Crippen molar-refractivity contribution in [2.45, 2.75) is 45.7 Å². The number of benzene rings is 2. The monoisotopic (exact) mass is 448 g/mol. The molecule has 2 aromatic rings. The van der Waals surface area contributed by atoms with Crippen molar-refractivity contribution in [2.75, 3.05) is 14.2 Å². The average Bonchev–Trinajstić information content (AvgIpc) is 2.77. The average molecular weight is 449 g/mol. The van der Waals surface area contributed by atoms with Crippen LogP contribution in [-0.4, -0.2) is 38.1 Å². The number of ether oxygens (including phenoxy) is 2. The highest BCUT2D eigenvalue weighted by atomic mass is 19.2. The maximum absolute atomic E-state index is 13.4. The standard InChI is InChI=1S/C24H30F2N2O4/c1-14(2)22(28-23(29)17-11-18(31-4)13-19(12-17)32-5)24(30)27-15(3)6-7-16-8-9-20(25)21(26)10-16/h8-15,22H,6-7H2,1-5H3,(H,27,30)(H,28,29). The van der Waals surface area contributed by atoms with Crippen molar-refractivity contribution >= 4 is 11.8 Å². The second-order valence-electron chi connectivity index (χ2n) is 7.99. The van der Waals surface area contributed by atoms with Crippen LogP contribution in [0.15, 0.2) is 36.4 Å². The molecule has 0 fully saturated rings. The lowest BCUT2D eigenvalue weighted by Crippen LogP contribution is -2.51. The second kappa shape index (κ2) is 11.5. The van der Waals surface area contributed by atoms with Crippen LogP contribution in [0.5, 0.6) is 11.5 Å². The Balaban J connectivity index is 2.00. The van der Waals surface area contributed by atoms with E-state index in [4.69, 9.17) is 9.47 Å². The van der Waals surface area contributed by atoms with Crippen molar-refractivity contribution in [3.8, 4) is 11.5 Å². The number of hydrogen-bond acceptors (Lipinski definition) is 4. The Bertz CT molecular complexity index is 927. The molecule has 0 radical (unpaired) electrons. The number of nitrogens with one attached hydrogen (secondary N) is 2. The van der Waals surface area contributed by atoms with Gasteiger partial charge in [-0.2, -0.15) is 0 Å². The van der Waals surface area contributed by atoms with Crippen LogP contribution < -0.4 is 20.1 Å². The highest BCUT2D eigenvalue weighted by Crippen LogP contribution is 2.22. The number of carbonyl (C=O) groups excluding carboxylic acids is 2. The number of halogens is 2. The third-order valence-corrected chi connectivity index (χ3v) is 5.09. The van der Waals surface area contributed by atoms with Gasteiger partial charge in [0.1, 0.15) is 17.5 Å². The maximum atomic E-state index is 13.4. The Morgan fingerprint density at radius 1 is 0.906 bits per heavy atom. The molecule has 0 aliphatic heterocycles. The van der Waals surface area contributed by atoms with E-state index in [2.05, 4.69) is 10.6 Å². The Morgan fingerprint density at radius 2 is 1.53 bits per heavy atom. The molecular weight excluding hydrogens is 418 g/mol. The van der Waals surface area contributed by atoms with Crippen molar-refractivity contribution in [3.05, 3.63) is 59.2 Å². The lowest BCUT2D eigenvalue weighted by atomic mass is 10.0. The molecule has 0 spiro atoms. The molecule has 2 aromatic carbocycles. The van der Waals surface area contributed by atoms with Crippen LogP contribution in [0.1, 0.15) is 43.1 Å². The summed E-state index contributed by atoms with van der Waals surface area (Å²) in [4.78, 5) is 25.6. The zero-order chi connectivity index (χ0) is 23.8. The molecule has 2 N–H and O–H groups in total. The van der Waals surface area contributed by atoms with Gasteiger partial charge in [-0.05, 0) is 55.5 Å². The minimum Gasteiger partial charge on any atom is -0.497 e. The molecule has 2 rings (SSSR count). The Morgan fingerprint density at radius 3 is 2.06 bits per heavy atom. The van der Waals surface area contributed by atoms with E-state index in [1.54, 1.807) is 18.2 Å². The molecule has 0 saturated carbocycles. The Labute approximate surface area is 187 Å². The van der Waals surface area contributed by atoms with E-state index >= 15 is 0 Å². The quantitative estimate of drug-likeness (QED) is 0.579. The van der Waals surface area contributed by atoms with Crippen LogP contribution in [-0.2, 0) is 11.2 Å². The normalized spacial score (nSPS) is 12.8. The van der Waals surface area contributed by atoms with Gasteiger partial charge in [-0.15, -0.1) is 0 Å². The lowest BCUT2D eigenvalue weighted by molar-refractivity contribution is -0.124. The fraction of sp³-hybridized carbons (Fsp3) is 0.417. The molecule has 32 heavy (non-hydrogen) atoms. The van der Waals surface area contributed by atoms with Gasteiger partial charge < -0.3 is 20.1 Å². The number of hydrogen-bond donors (Lipinski definition) is 2. The lowest BCUT2D eigenvalue weighted by Gasteiger charge is -2.24. The molecule has 0 aliphatic carbocycles. The summed E-state index contributed by atoms with van der Waals surface area (Å²) in [7, 11) is 2.98. The highest BCUT2D eigenvalue weighted by molar-refractivity contribution is 5.98. The molecule has 0 bridgehead atoms. The number of methoxy groups -OCH3 is 2. The fourth-order valence-corrected chi connectivity index (χ4v) is 3.18. The number of aryl methyl sites for hydroxylation is 1. The van der Waals surface area contributed by atoms with Crippen LogP contribution >= 0.6 is 0 Å². The Hall–Kier alpha value is -3.16. The van der Waals surface area contributed by atoms with Gasteiger partial charge in [-0.3, -0.25) is 9.59 Å². The van der Waals surface area contributed by atoms with Gasteiger partial charge in [-0.25, -0.2) is 8.78 Å². The van der Waals surface area contributed by atoms with Gasteiger partial charge >= 0.3 is 0 Å². The van der Waals surface area contributed by atoms with Crippen LogP contribution in [0.4, 0.5) is 8.78 Å². The van der Waals surface area contributed by atoms with E-state index in [9.17, 15) is 18.4 Å². The molecule has 2 amide bonds. The third-order valence-electron chi connectivity index (χ3n) is 5.09. The third kappa shape index (κ3) is 6.93. The van der Waals surface area contributed by atoms with Crippen molar-refractivity contribution in [2.24, 2.45) is 5.92 Å². The van der Waals surface area contributed by atoms with Crippen LogP contribution in [0, 0.1) is 17.6 Å². The van der Waals surface area contributed by atoms with Crippen molar-refractivity contribution in [3.63, 3.8) is 0 Å². The van der Waals surface area contributed by atoms with Gasteiger partial charge in [0.2, 0.25) is 5.91 Å². The molecule has 174 valence electrons. The zero-order valence-electron chi connectivity index (χ0n) is 19.0. The van der Waals surface area contributed by atoms with E-state index in [-0.39, 0.29) is 17.9 Å². The first-order chi connectivity index (χ1) is 15.1. The predicted molar refractivity (Wildman–Crippen MR) is 118 cm³/mol. The Kier molecular flexibility index (Phi) is 8.99. The molecule has 0 aromatic heterocycles. The zero-order valence-corrected chi connectivity index (χ0v) is 19.0. The number of amides is 2. The molecule has 6 nitrogen and oxygen atoms in total. The number of carbonyl (C=O) groups is 2. The summed E-state index contributed by atoms with van der Waals surface area (Å²) in [5.41, 5.74) is 0.955. The van der Waals surface area contributed by atoms with E-state index in [0.717, 1.165) is 12.1 Å². The summed E-state index contributed by atoms with van der Waals surface area (Å²) in [6.45, 7) is 5.50. The van der Waals surface area contributed by atoms with E-state index in [1.807, 2.05) is 20.8 Å². The van der Waals surface area contributed by atoms with Gasteiger partial charge in [-0.1, -0.05) is 19.9 Å². The second-order valence-corrected chi connectivity index (χ2v) is 7.99. The molecule has 8 heteroatoms. The van der Waals surface area contributed by atoms with Gasteiger partial charge in [0.05, 0.1) is 14.2 Å². The van der Waals surface area contributed by atoms with E-state index in [0.29, 0.717) is 35.5 Å².